The van der Waals surface area contributed by atoms with Crippen LogP contribution in [-0.4, -0.2) is 5.11 Å². The maximum atomic E-state index is 9.17. The maximum absolute atomic E-state index is 9.17. The van der Waals surface area contributed by atoms with Crippen molar-refractivity contribution in [2.24, 2.45) is 0 Å². The molecule has 0 unspecified atom stereocenters. The monoisotopic (exact) mass is 234 g/mol. The predicted molar refractivity (Wildman–Crippen MR) is 49.8 cm³/mol. The van der Waals surface area contributed by atoms with Crippen molar-refractivity contribution in [3.05, 3.63) is 33.3 Å². The molecule has 0 bridgehead atoms. The van der Waals surface area contributed by atoms with Crippen molar-refractivity contribution in [2.45, 2.75) is 13.0 Å². The van der Waals surface area contributed by atoms with Gasteiger partial charge in [-0.25, -0.2) is 0 Å². The molecular formula is C8H8BrClO. The minimum Gasteiger partial charge on any atom is -0.389 e. The first-order chi connectivity index (χ1) is 5.11. The first-order valence-electron chi connectivity index (χ1n) is 3.24. The zero-order valence-electron chi connectivity index (χ0n) is 6.01. The van der Waals surface area contributed by atoms with Gasteiger partial charge in [-0.2, -0.15) is 0 Å². The number of hydrogen-bond acceptors (Lipinski definition) is 1. The third-order valence-corrected chi connectivity index (χ3v) is 2.66. The van der Waals surface area contributed by atoms with Crippen molar-refractivity contribution in [1.82, 2.24) is 0 Å². The molecule has 0 saturated heterocycles. The molecule has 1 aromatic rings. The van der Waals surface area contributed by atoms with Gasteiger partial charge in [-0.3, -0.25) is 0 Å². The number of rotatable bonds is 1. The highest BCUT2D eigenvalue weighted by atomic mass is 79.9. The van der Waals surface area contributed by atoms with Crippen molar-refractivity contribution >= 4 is 27.5 Å². The number of halogens is 2. The van der Waals surface area contributed by atoms with Gasteiger partial charge in [-0.1, -0.05) is 17.7 Å². The van der Waals surface area contributed by atoms with Crippen LogP contribution in [-0.2, 0) is 0 Å². The Labute approximate surface area is 79.1 Å². The van der Waals surface area contributed by atoms with E-state index in [4.69, 9.17) is 16.7 Å². The van der Waals surface area contributed by atoms with Gasteiger partial charge < -0.3 is 5.11 Å². The Balaban J connectivity index is 3.05. The molecule has 0 amide bonds. The summed E-state index contributed by atoms with van der Waals surface area (Å²) in [5.74, 6) is 0. The quantitative estimate of drug-likeness (QED) is 0.793. The van der Waals surface area contributed by atoms with Gasteiger partial charge in [-0.05, 0) is 40.5 Å². The molecule has 1 atom stereocenters. The fourth-order valence-electron chi connectivity index (χ4n) is 0.772. The van der Waals surface area contributed by atoms with E-state index >= 15 is 0 Å². The smallest absolute Gasteiger partial charge is 0.0762 e. The van der Waals surface area contributed by atoms with Gasteiger partial charge in [0.15, 0.2) is 0 Å². The third kappa shape index (κ3) is 2.19. The van der Waals surface area contributed by atoms with Crippen molar-refractivity contribution in [3.8, 4) is 0 Å². The molecule has 1 nitrogen and oxygen atoms in total. The topological polar surface area (TPSA) is 20.2 Å². The van der Waals surface area contributed by atoms with Crippen LogP contribution < -0.4 is 0 Å². The van der Waals surface area contributed by atoms with E-state index in [2.05, 4.69) is 15.9 Å². The van der Waals surface area contributed by atoms with Gasteiger partial charge >= 0.3 is 0 Å². The summed E-state index contributed by atoms with van der Waals surface area (Å²) in [6.07, 6.45) is -0.458. The van der Waals surface area contributed by atoms with Crippen molar-refractivity contribution in [3.63, 3.8) is 0 Å². The van der Waals surface area contributed by atoms with Gasteiger partial charge in [-0.15, -0.1) is 0 Å². The van der Waals surface area contributed by atoms with Crippen LogP contribution in [0.2, 0.25) is 5.02 Å². The summed E-state index contributed by atoms with van der Waals surface area (Å²) < 4.78 is 0.851. The van der Waals surface area contributed by atoms with E-state index in [0.717, 1.165) is 10.0 Å². The normalized spacial score (nSPS) is 13.1. The summed E-state index contributed by atoms with van der Waals surface area (Å²) in [5, 5.41) is 9.79. The summed E-state index contributed by atoms with van der Waals surface area (Å²) in [7, 11) is 0. The first kappa shape index (κ1) is 9.04. The number of benzene rings is 1. The molecule has 1 rings (SSSR count). The minimum absolute atomic E-state index is 0.458. The minimum atomic E-state index is -0.458. The highest BCUT2D eigenvalue weighted by Crippen LogP contribution is 2.25. The molecule has 3 heteroatoms. The molecule has 1 N–H and O–H groups in total. The zero-order chi connectivity index (χ0) is 8.43. The molecular weight excluding hydrogens is 227 g/mol. The summed E-state index contributed by atoms with van der Waals surface area (Å²) in [6.45, 7) is 1.71. The molecule has 0 aliphatic heterocycles. The molecule has 0 aliphatic carbocycles. The number of hydrogen-bond donors (Lipinski definition) is 1. The van der Waals surface area contributed by atoms with E-state index in [1.807, 2.05) is 12.1 Å². The molecule has 0 spiro atoms. The van der Waals surface area contributed by atoms with Crippen LogP contribution in [0, 0.1) is 0 Å². The van der Waals surface area contributed by atoms with Gasteiger partial charge in [0.25, 0.3) is 0 Å². The highest BCUT2D eigenvalue weighted by molar-refractivity contribution is 9.10. The van der Waals surface area contributed by atoms with Crippen LogP contribution in [0.25, 0.3) is 0 Å². The Morgan fingerprint density at radius 3 is 2.64 bits per heavy atom. The van der Waals surface area contributed by atoms with Gasteiger partial charge in [0.1, 0.15) is 0 Å². The second-order valence-corrected chi connectivity index (χ2v) is 3.61. The average Bonchev–Trinajstić information content (AvgIpc) is 1.94. The summed E-state index contributed by atoms with van der Waals surface area (Å²) in [5.41, 5.74) is 0.832. The molecule has 11 heavy (non-hydrogen) atoms. The van der Waals surface area contributed by atoms with E-state index in [1.54, 1.807) is 13.0 Å². The molecule has 1 aromatic carbocycles. The second-order valence-electron chi connectivity index (χ2n) is 2.35. The standard InChI is InChI=1S/C8H8BrClO/c1-5(11)6-2-3-7(9)8(10)4-6/h2-5,11H,1H3/t5-/m1/s1. The van der Waals surface area contributed by atoms with Crippen LogP contribution in [0.15, 0.2) is 22.7 Å². The Kier molecular flexibility index (Phi) is 2.93. The first-order valence-corrected chi connectivity index (χ1v) is 4.41. The summed E-state index contributed by atoms with van der Waals surface area (Å²) in [6, 6.07) is 5.40. The lowest BCUT2D eigenvalue weighted by Crippen LogP contribution is -1.89. The lowest BCUT2D eigenvalue weighted by Gasteiger charge is -2.04. The fourth-order valence-corrected chi connectivity index (χ4v) is 1.21. The van der Waals surface area contributed by atoms with Gasteiger partial charge in [0.2, 0.25) is 0 Å². The van der Waals surface area contributed by atoms with E-state index in [0.29, 0.717) is 5.02 Å². The predicted octanol–water partition coefficient (Wildman–Crippen LogP) is 3.16. The lowest BCUT2D eigenvalue weighted by molar-refractivity contribution is 0.199. The highest BCUT2D eigenvalue weighted by Gasteiger charge is 2.02. The summed E-state index contributed by atoms with van der Waals surface area (Å²) >= 11 is 9.06. The molecule has 0 radical (unpaired) electrons. The Bertz CT molecular complexity index is 260. The van der Waals surface area contributed by atoms with Crippen molar-refractivity contribution < 1.29 is 5.11 Å². The average molecular weight is 236 g/mol. The largest absolute Gasteiger partial charge is 0.389 e. The lowest BCUT2D eigenvalue weighted by atomic mass is 10.1. The maximum Gasteiger partial charge on any atom is 0.0762 e. The Morgan fingerprint density at radius 2 is 2.18 bits per heavy atom. The van der Waals surface area contributed by atoms with Crippen LogP contribution in [0.1, 0.15) is 18.6 Å². The van der Waals surface area contributed by atoms with E-state index in [1.165, 1.54) is 0 Å². The van der Waals surface area contributed by atoms with Crippen molar-refractivity contribution in [2.75, 3.05) is 0 Å². The SMILES string of the molecule is C[C@@H](O)c1ccc(Br)c(Cl)c1. The van der Waals surface area contributed by atoms with Gasteiger partial charge in [0.05, 0.1) is 11.1 Å². The van der Waals surface area contributed by atoms with Crippen LogP contribution in [0.4, 0.5) is 0 Å². The molecule has 0 aromatic heterocycles. The zero-order valence-corrected chi connectivity index (χ0v) is 8.35. The van der Waals surface area contributed by atoms with E-state index in [9.17, 15) is 0 Å². The Hall–Kier alpha value is -0.0500. The van der Waals surface area contributed by atoms with Crippen LogP contribution in [0.3, 0.4) is 0 Å². The van der Waals surface area contributed by atoms with Gasteiger partial charge in [0, 0.05) is 4.47 Å². The van der Waals surface area contributed by atoms with E-state index in [-0.39, 0.29) is 0 Å². The molecule has 60 valence electrons. The number of aliphatic hydroxyl groups is 1. The van der Waals surface area contributed by atoms with Crippen LogP contribution >= 0.6 is 27.5 Å². The van der Waals surface area contributed by atoms with Crippen molar-refractivity contribution in [1.29, 1.82) is 0 Å². The van der Waals surface area contributed by atoms with E-state index < -0.39 is 6.10 Å². The number of aliphatic hydroxyl groups excluding tert-OH is 1. The molecule has 0 saturated carbocycles. The second kappa shape index (κ2) is 3.57. The summed E-state index contributed by atoms with van der Waals surface area (Å²) in [4.78, 5) is 0. The Morgan fingerprint density at radius 1 is 1.55 bits per heavy atom. The molecule has 0 fully saturated rings. The van der Waals surface area contributed by atoms with Crippen LogP contribution in [0.5, 0.6) is 0 Å². The molecule has 0 aliphatic rings. The third-order valence-electron chi connectivity index (χ3n) is 1.43. The fraction of sp³-hybridized carbons (Fsp3) is 0.250. The molecule has 0 heterocycles.